The lowest BCUT2D eigenvalue weighted by Gasteiger charge is -2.16. The van der Waals surface area contributed by atoms with Gasteiger partial charge in [-0.1, -0.05) is 11.6 Å². The number of aryl methyl sites for hydroxylation is 2. The second-order valence-corrected chi connectivity index (χ2v) is 4.86. The molecule has 0 spiro atoms. The maximum Gasteiger partial charge on any atom is 0.141 e. The molecule has 7 heteroatoms. The van der Waals surface area contributed by atoms with E-state index in [0.717, 1.165) is 17.9 Å². The van der Waals surface area contributed by atoms with Gasteiger partial charge in [0.05, 0.1) is 34.3 Å². The van der Waals surface area contributed by atoms with Gasteiger partial charge in [0.1, 0.15) is 5.82 Å². The third kappa shape index (κ3) is 2.98. The fourth-order valence-electron chi connectivity index (χ4n) is 2.10. The molecular weight excluding hydrogens is 281 g/mol. The first-order valence-electron chi connectivity index (χ1n) is 6.36. The van der Waals surface area contributed by atoms with Crippen LogP contribution in [-0.4, -0.2) is 14.8 Å². The van der Waals surface area contributed by atoms with Crippen LogP contribution in [0.25, 0.3) is 0 Å². The van der Waals surface area contributed by atoms with Crippen molar-refractivity contribution in [1.29, 1.82) is 0 Å². The number of aromatic nitrogens is 3. The van der Waals surface area contributed by atoms with Crippen molar-refractivity contribution in [3.63, 3.8) is 0 Å². The zero-order valence-corrected chi connectivity index (χ0v) is 12.2. The summed E-state index contributed by atoms with van der Waals surface area (Å²) in [5.74, 6) is 5.20. The van der Waals surface area contributed by atoms with Gasteiger partial charge in [-0.3, -0.25) is 20.9 Å². The Morgan fingerprint density at radius 1 is 1.50 bits per heavy atom. The number of nitrogens with zero attached hydrogens (tertiary/aromatic N) is 3. The number of hydrogen-bond acceptors (Lipinski definition) is 4. The number of hydrogen-bond donors (Lipinski definition) is 2. The van der Waals surface area contributed by atoms with Crippen molar-refractivity contribution < 1.29 is 4.39 Å². The summed E-state index contributed by atoms with van der Waals surface area (Å²) in [6.07, 6.45) is 1.70. The van der Waals surface area contributed by atoms with Gasteiger partial charge < -0.3 is 0 Å². The molecule has 2 aromatic heterocycles. The summed E-state index contributed by atoms with van der Waals surface area (Å²) in [7, 11) is 0. The molecule has 0 aliphatic carbocycles. The molecule has 1 unspecified atom stereocenters. The largest absolute Gasteiger partial charge is 0.271 e. The number of hydrazine groups is 1. The minimum absolute atomic E-state index is 0.255. The minimum atomic E-state index is -0.378. The van der Waals surface area contributed by atoms with E-state index in [0.29, 0.717) is 17.1 Å². The molecule has 2 heterocycles. The van der Waals surface area contributed by atoms with E-state index in [2.05, 4.69) is 15.5 Å². The zero-order chi connectivity index (χ0) is 14.7. The van der Waals surface area contributed by atoms with Crippen LogP contribution in [0, 0.1) is 12.7 Å². The Morgan fingerprint density at radius 3 is 2.80 bits per heavy atom. The summed E-state index contributed by atoms with van der Waals surface area (Å²) in [5.41, 5.74) is 5.02. The quantitative estimate of drug-likeness (QED) is 0.655. The van der Waals surface area contributed by atoms with Gasteiger partial charge in [-0.05, 0) is 26.0 Å². The summed E-state index contributed by atoms with van der Waals surface area (Å²) in [5, 5.41) is 4.99. The number of halogens is 2. The summed E-state index contributed by atoms with van der Waals surface area (Å²) in [6.45, 7) is 4.57. The molecule has 2 rings (SSSR count). The average Bonchev–Trinajstić information content (AvgIpc) is 2.73. The van der Waals surface area contributed by atoms with Gasteiger partial charge in [0.15, 0.2) is 0 Å². The van der Waals surface area contributed by atoms with E-state index in [1.165, 1.54) is 12.3 Å². The van der Waals surface area contributed by atoms with Crippen molar-refractivity contribution in [3.8, 4) is 0 Å². The molecule has 2 aromatic rings. The fourth-order valence-corrected chi connectivity index (χ4v) is 2.31. The van der Waals surface area contributed by atoms with Crippen LogP contribution < -0.4 is 11.3 Å². The Kier molecular flexibility index (Phi) is 4.69. The lowest BCUT2D eigenvalue weighted by molar-refractivity contribution is 0.504. The van der Waals surface area contributed by atoms with E-state index in [9.17, 15) is 4.39 Å². The lowest BCUT2D eigenvalue weighted by atomic mass is 10.1. The Morgan fingerprint density at radius 2 is 2.25 bits per heavy atom. The van der Waals surface area contributed by atoms with E-state index >= 15 is 0 Å². The molecule has 0 aliphatic rings. The number of nitrogens with one attached hydrogen (secondary N) is 1. The van der Waals surface area contributed by atoms with E-state index < -0.39 is 0 Å². The second-order valence-electron chi connectivity index (χ2n) is 4.49. The molecule has 0 aliphatic heterocycles. The normalized spacial score (nSPS) is 12.7. The molecule has 108 valence electrons. The van der Waals surface area contributed by atoms with E-state index in [1.54, 1.807) is 6.07 Å². The molecule has 0 aromatic carbocycles. The van der Waals surface area contributed by atoms with E-state index in [4.69, 9.17) is 17.4 Å². The van der Waals surface area contributed by atoms with Gasteiger partial charge in [-0.15, -0.1) is 0 Å². The maximum absolute atomic E-state index is 12.9. The predicted octanol–water partition coefficient (Wildman–Crippen LogP) is 2.15. The van der Waals surface area contributed by atoms with Crippen LogP contribution in [-0.2, 0) is 13.0 Å². The second kappa shape index (κ2) is 6.30. The highest BCUT2D eigenvalue weighted by Gasteiger charge is 2.19. The third-order valence-electron chi connectivity index (χ3n) is 3.16. The first kappa shape index (κ1) is 14.9. The number of rotatable bonds is 5. The lowest BCUT2D eigenvalue weighted by Crippen LogP contribution is -2.31. The van der Waals surface area contributed by atoms with Gasteiger partial charge in [0.2, 0.25) is 0 Å². The topological polar surface area (TPSA) is 68.8 Å². The molecule has 0 amide bonds. The Balaban J connectivity index is 2.28. The number of nitrogens with two attached hydrogens (primary N) is 1. The highest BCUT2D eigenvalue weighted by Crippen LogP contribution is 2.25. The molecule has 0 saturated carbocycles. The van der Waals surface area contributed by atoms with Gasteiger partial charge >= 0.3 is 0 Å². The van der Waals surface area contributed by atoms with Crippen LogP contribution in [0.3, 0.4) is 0 Å². The molecule has 3 N–H and O–H groups in total. The van der Waals surface area contributed by atoms with E-state index in [-0.39, 0.29) is 11.9 Å². The van der Waals surface area contributed by atoms with Crippen LogP contribution in [0.1, 0.15) is 30.0 Å². The van der Waals surface area contributed by atoms with Crippen molar-refractivity contribution in [2.75, 3.05) is 0 Å². The van der Waals surface area contributed by atoms with Crippen LogP contribution in [0.4, 0.5) is 4.39 Å². The molecule has 0 radical (unpaired) electrons. The first-order valence-corrected chi connectivity index (χ1v) is 6.74. The SMILES string of the molecule is CCn1nc(C)c(Cl)c1CC(NN)c1ccc(F)cn1. The Hall–Kier alpha value is -1.50. The fraction of sp³-hybridized carbons (Fsp3) is 0.385. The van der Waals surface area contributed by atoms with Crippen LogP contribution in [0.15, 0.2) is 18.3 Å². The van der Waals surface area contributed by atoms with Gasteiger partial charge in [0, 0.05) is 13.0 Å². The zero-order valence-electron chi connectivity index (χ0n) is 11.4. The van der Waals surface area contributed by atoms with Crippen LogP contribution in [0.5, 0.6) is 0 Å². The van der Waals surface area contributed by atoms with Gasteiger partial charge in [-0.25, -0.2) is 4.39 Å². The third-order valence-corrected chi connectivity index (χ3v) is 3.65. The molecule has 0 saturated heterocycles. The summed E-state index contributed by atoms with van der Waals surface area (Å²) in [4.78, 5) is 4.05. The molecule has 0 fully saturated rings. The summed E-state index contributed by atoms with van der Waals surface area (Å²) in [6, 6.07) is 2.71. The first-order chi connectivity index (χ1) is 9.56. The monoisotopic (exact) mass is 297 g/mol. The molecule has 20 heavy (non-hydrogen) atoms. The van der Waals surface area contributed by atoms with Crippen molar-refractivity contribution >= 4 is 11.6 Å². The van der Waals surface area contributed by atoms with Crippen LogP contribution >= 0.6 is 11.6 Å². The van der Waals surface area contributed by atoms with Crippen molar-refractivity contribution in [3.05, 3.63) is 46.3 Å². The predicted molar refractivity (Wildman–Crippen MR) is 75.6 cm³/mol. The Bertz CT molecular complexity index is 581. The average molecular weight is 298 g/mol. The summed E-state index contributed by atoms with van der Waals surface area (Å²) < 4.78 is 14.8. The molecule has 0 bridgehead atoms. The van der Waals surface area contributed by atoms with Crippen molar-refractivity contribution in [1.82, 2.24) is 20.2 Å². The highest BCUT2D eigenvalue weighted by atomic mass is 35.5. The maximum atomic E-state index is 12.9. The standard InChI is InChI=1S/C13H17ClFN5/c1-3-20-12(13(14)8(2)19-20)6-11(18-16)10-5-4-9(15)7-17-10/h4-5,7,11,18H,3,6,16H2,1-2H3. The number of pyridine rings is 1. The van der Waals surface area contributed by atoms with Crippen molar-refractivity contribution in [2.45, 2.75) is 32.9 Å². The molecule has 5 nitrogen and oxygen atoms in total. The van der Waals surface area contributed by atoms with Gasteiger partial charge in [-0.2, -0.15) is 5.10 Å². The van der Waals surface area contributed by atoms with E-state index in [1.807, 2.05) is 18.5 Å². The van der Waals surface area contributed by atoms with Crippen molar-refractivity contribution in [2.24, 2.45) is 5.84 Å². The minimum Gasteiger partial charge on any atom is -0.271 e. The summed E-state index contributed by atoms with van der Waals surface area (Å²) >= 11 is 6.27. The Labute approximate surface area is 121 Å². The smallest absolute Gasteiger partial charge is 0.141 e. The molecular formula is C13H17ClFN5. The van der Waals surface area contributed by atoms with Crippen LogP contribution in [0.2, 0.25) is 5.02 Å². The molecule has 1 atom stereocenters. The highest BCUT2D eigenvalue weighted by molar-refractivity contribution is 6.31. The van der Waals surface area contributed by atoms with Gasteiger partial charge in [0.25, 0.3) is 0 Å².